The first-order valence-electron chi connectivity index (χ1n) is 10.1. The topological polar surface area (TPSA) is 116 Å². The molecular formula is C23H23N5O3. The maximum Gasteiger partial charge on any atom is 0.258 e. The molecule has 0 saturated heterocycles. The first-order valence-corrected chi connectivity index (χ1v) is 10.1. The number of nitrogens with zero attached hydrogens (tertiary/aromatic N) is 1. The van der Waals surface area contributed by atoms with Gasteiger partial charge in [0.25, 0.3) is 5.56 Å². The quantitative estimate of drug-likeness (QED) is 0.505. The number of H-pyrrole nitrogens is 1. The van der Waals surface area contributed by atoms with E-state index in [1.807, 2.05) is 54.6 Å². The molecule has 0 bridgehead atoms. The predicted octanol–water partition coefficient (Wildman–Crippen LogP) is 3.70. The number of hydrogen-bond donors (Lipinski definition) is 4. The van der Waals surface area contributed by atoms with Gasteiger partial charge in [-0.15, -0.1) is 0 Å². The van der Waals surface area contributed by atoms with E-state index in [1.165, 1.54) is 0 Å². The van der Waals surface area contributed by atoms with Gasteiger partial charge >= 0.3 is 0 Å². The highest BCUT2D eigenvalue weighted by molar-refractivity contribution is 6.04. The molecule has 0 fully saturated rings. The minimum atomic E-state index is -0.935. The van der Waals surface area contributed by atoms with Crippen LogP contribution in [-0.2, 0) is 9.59 Å². The third kappa shape index (κ3) is 4.48. The highest BCUT2D eigenvalue weighted by Gasteiger charge is 2.34. The van der Waals surface area contributed by atoms with Crippen LogP contribution in [0.1, 0.15) is 43.2 Å². The number of para-hydroxylation sites is 1. The van der Waals surface area contributed by atoms with E-state index in [4.69, 9.17) is 0 Å². The fourth-order valence-electron chi connectivity index (χ4n) is 3.49. The fraction of sp³-hybridized carbons (Fsp3) is 0.217. The average Bonchev–Trinajstić information content (AvgIpc) is 2.74. The van der Waals surface area contributed by atoms with E-state index < -0.39 is 17.4 Å². The monoisotopic (exact) mass is 417 g/mol. The molecule has 2 heterocycles. The number of nitrogens with one attached hydrogen (secondary N) is 4. The second kappa shape index (κ2) is 8.43. The zero-order valence-electron chi connectivity index (χ0n) is 17.2. The Kier molecular flexibility index (Phi) is 5.53. The van der Waals surface area contributed by atoms with Crippen molar-refractivity contribution in [2.75, 3.05) is 16.0 Å². The van der Waals surface area contributed by atoms with Crippen molar-refractivity contribution in [2.45, 2.75) is 32.1 Å². The lowest BCUT2D eigenvalue weighted by Crippen LogP contribution is -2.36. The zero-order chi connectivity index (χ0) is 22.0. The van der Waals surface area contributed by atoms with Crippen LogP contribution in [0.2, 0.25) is 0 Å². The van der Waals surface area contributed by atoms with Crippen molar-refractivity contribution in [2.24, 2.45) is 0 Å². The van der Waals surface area contributed by atoms with Crippen molar-refractivity contribution in [1.29, 1.82) is 0 Å². The number of aromatic amines is 1. The van der Waals surface area contributed by atoms with Crippen molar-refractivity contribution in [3.8, 4) is 0 Å². The van der Waals surface area contributed by atoms with Gasteiger partial charge in [0.2, 0.25) is 17.8 Å². The van der Waals surface area contributed by atoms with Gasteiger partial charge in [-0.1, -0.05) is 44.2 Å². The van der Waals surface area contributed by atoms with Crippen molar-refractivity contribution in [3.05, 3.63) is 76.1 Å². The molecule has 1 aromatic heterocycles. The van der Waals surface area contributed by atoms with Gasteiger partial charge < -0.3 is 16.0 Å². The van der Waals surface area contributed by atoms with Crippen LogP contribution in [0.25, 0.3) is 0 Å². The molecule has 1 atom stereocenters. The second-order valence-electron chi connectivity index (χ2n) is 7.74. The standard InChI is InChI=1S/C23H23N5O3/c1-13(2)14-8-10-16(11-9-14)24-21(30)17-12-18(29)26-20-19(17)22(31)28-23(27-20)25-15-6-4-3-5-7-15/h3-11,13,17H,12H2,1-2H3,(H,24,30)(H3,25,26,27,28,29,31)/t17-/m1/s1. The molecule has 0 unspecified atom stereocenters. The lowest BCUT2D eigenvalue weighted by Gasteiger charge is -2.23. The maximum absolute atomic E-state index is 12.9. The molecule has 0 saturated carbocycles. The van der Waals surface area contributed by atoms with E-state index in [1.54, 1.807) is 0 Å². The summed E-state index contributed by atoms with van der Waals surface area (Å²) in [6.07, 6.45) is -0.126. The minimum absolute atomic E-state index is 0.0914. The SMILES string of the molecule is CC(C)c1ccc(NC(=O)[C@@H]2CC(=O)Nc3nc(Nc4ccccc4)[nH]c(=O)c32)cc1. The van der Waals surface area contributed by atoms with E-state index in [9.17, 15) is 14.4 Å². The Morgan fingerprint density at radius 3 is 2.42 bits per heavy atom. The Bertz CT molecular complexity index is 1170. The van der Waals surface area contributed by atoms with Crippen LogP contribution in [0.5, 0.6) is 0 Å². The summed E-state index contributed by atoms with van der Waals surface area (Å²) in [5, 5.41) is 8.40. The van der Waals surface area contributed by atoms with Gasteiger partial charge in [0.05, 0.1) is 11.5 Å². The number of carbonyl (C=O) groups is 2. The Labute approximate surface area is 179 Å². The number of hydrogen-bond acceptors (Lipinski definition) is 5. The second-order valence-corrected chi connectivity index (χ2v) is 7.74. The molecule has 158 valence electrons. The maximum atomic E-state index is 12.9. The van der Waals surface area contributed by atoms with Crippen LogP contribution in [0.15, 0.2) is 59.4 Å². The van der Waals surface area contributed by atoms with Crippen LogP contribution < -0.4 is 21.5 Å². The highest BCUT2D eigenvalue weighted by Crippen LogP contribution is 2.30. The van der Waals surface area contributed by atoms with Crippen molar-refractivity contribution in [3.63, 3.8) is 0 Å². The van der Waals surface area contributed by atoms with Gasteiger partial charge in [0.1, 0.15) is 5.82 Å². The molecule has 2 amide bonds. The van der Waals surface area contributed by atoms with Gasteiger partial charge in [0.15, 0.2) is 0 Å². The lowest BCUT2D eigenvalue weighted by molar-refractivity contribution is -0.123. The van der Waals surface area contributed by atoms with E-state index in [2.05, 4.69) is 39.8 Å². The molecule has 1 aliphatic rings. The molecule has 8 heteroatoms. The number of rotatable bonds is 5. The number of carbonyl (C=O) groups excluding carboxylic acids is 2. The third-order valence-electron chi connectivity index (χ3n) is 5.15. The number of benzene rings is 2. The number of anilines is 4. The Morgan fingerprint density at radius 1 is 1.03 bits per heavy atom. The summed E-state index contributed by atoms with van der Waals surface area (Å²) in [5.74, 6) is -1.08. The molecule has 31 heavy (non-hydrogen) atoms. The first-order chi connectivity index (χ1) is 14.9. The first kappa shape index (κ1) is 20.3. The summed E-state index contributed by atoms with van der Waals surface area (Å²) in [5.41, 5.74) is 2.16. The van der Waals surface area contributed by atoms with Gasteiger partial charge in [-0.05, 0) is 35.7 Å². The Balaban J connectivity index is 1.60. The predicted molar refractivity (Wildman–Crippen MR) is 120 cm³/mol. The van der Waals surface area contributed by atoms with Gasteiger partial charge in [-0.3, -0.25) is 19.4 Å². The lowest BCUT2D eigenvalue weighted by atomic mass is 9.92. The number of aromatic nitrogens is 2. The van der Waals surface area contributed by atoms with E-state index in [0.717, 1.165) is 11.3 Å². The van der Waals surface area contributed by atoms with Crippen molar-refractivity contribution < 1.29 is 9.59 Å². The molecule has 4 N–H and O–H groups in total. The molecular weight excluding hydrogens is 394 g/mol. The highest BCUT2D eigenvalue weighted by atomic mass is 16.2. The Morgan fingerprint density at radius 2 is 1.74 bits per heavy atom. The summed E-state index contributed by atoms with van der Waals surface area (Å²) in [7, 11) is 0. The molecule has 0 spiro atoms. The molecule has 3 aromatic rings. The van der Waals surface area contributed by atoms with Crippen molar-refractivity contribution in [1.82, 2.24) is 9.97 Å². The van der Waals surface area contributed by atoms with E-state index in [0.29, 0.717) is 11.6 Å². The molecule has 2 aromatic carbocycles. The molecule has 0 aliphatic carbocycles. The van der Waals surface area contributed by atoms with Crippen LogP contribution in [0.4, 0.5) is 23.1 Å². The number of amides is 2. The summed E-state index contributed by atoms with van der Waals surface area (Å²) < 4.78 is 0. The molecule has 8 nitrogen and oxygen atoms in total. The largest absolute Gasteiger partial charge is 0.326 e. The zero-order valence-corrected chi connectivity index (χ0v) is 17.2. The number of fused-ring (bicyclic) bond motifs is 1. The Hall–Kier alpha value is -3.94. The van der Waals surface area contributed by atoms with Crippen LogP contribution in [-0.4, -0.2) is 21.8 Å². The van der Waals surface area contributed by atoms with Gasteiger partial charge in [0, 0.05) is 17.8 Å². The minimum Gasteiger partial charge on any atom is -0.326 e. The van der Waals surface area contributed by atoms with Gasteiger partial charge in [-0.25, -0.2) is 0 Å². The smallest absolute Gasteiger partial charge is 0.258 e. The summed E-state index contributed by atoms with van der Waals surface area (Å²) in [6.45, 7) is 4.18. The van der Waals surface area contributed by atoms with E-state index in [-0.39, 0.29) is 29.7 Å². The molecule has 0 radical (unpaired) electrons. The summed E-state index contributed by atoms with van der Waals surface area (Å²) in [4.78, 5) is 44.9. The average molecular weight is 417 g/mol. The van der Waals surface area contributed by atoms with Crippen LogP contribution in [0.3, 0.4) is 0 Å². The molecule has 1 aliphatic heterocycles. The summed E-state index contributed by atoms with van der Waals surface area (Å²) >= 11 is 0. The molecule has 4 rings (SSSR count). The van der Waals surface area contributed by atoms with Crippen molar-refractivity contribution >= 4 is 35.0 Å². The van der Waals surface area contributed by atoms with Crippen LogP contribution in [0, 0.1) is 0 Å². The summed E-state index contributed by atoms with van der Waals surface area (Å²) in [6, 6.07) is 16.7. The fourth-order valence-corrected chi connectivity index (χ4v) is 3.49. The van der Waals surface area contributed by atoms with E-state index >= 15 is 0 Å². The van der Waals surface area contributed by atoms with Crippen LogP contribution >= 0.6 is 0 Å². The third-order valence-corrected chi connectivity index (χ3v) is 5.15. The normalized spacial score (nSPS) is 15.2. The van der Waals surface area contributed by atoms with Gasteiger partial charge in [-0.2, -0.15) is 4.98 Å².